The Kier molecular flexibility index (Phi) is 2.06. The standard InChI is InChI=1S/C8H4Cl2N4/c1-14-8-5(7(10)13-14)2-4(3-11)6(9)12-8/h2H,1H3. The van der Waals surface area contributed by atoms with Crippen LogP contribution in [0.15, 0.2) is 6.07 Å². The van der Waals surface area contributed by atoms with E-state index in [2.05, 4.69) is 10.1 Å². The van der Waals surface area contributed by atoms with Crippen molar-refractivity contribution in [1.29, 1.82) is 5.26 Å². The van der Waals surface area contributed by atoms with Crippen LogP contribution in [0.2, 0.25) is 10.3 Å². The maximum atomic E-state index is 8.73. The highest BCUT2D eigenvalue weighted by Crippen LogP contribution is 2.24. The van der Waals surface area contributed by atoms with Gasteiger partial charge in [0.05, 0.1) is 10.9 Å². The predicted octanol–water partition coefficient (Wildman–Crippen LogP) is 2.15. The summed E-state index contributed by atoms with van der Waals surface area (Å²) < 4.78 is 1.52. The van der Waals surface area contributed by atoms with Crippen LogP contribution in [0.1, 0.15) is 5.56 Å². The molecule has 0 bridgehead atoms. The minimum atomic E-state index is 0.166. The molecule has 4 nitrogen and oxygen atoms in total. The Bertz CT molecular complexity index is 552. The summed E-state index contributed by atoms with van der Waals surface area (Å²) in [5.41, 5.74) is 0.869. The summed E-state index contributed by atoms with van der Waals surface area (Å²) >= 11 is 11.6. The Morgan fingerprint density at radius 3 is 2.79 bits per heavy atom. The van der Waals surface area contributed by atoms with Gasteiger partial charge in [-0.3, -0.25) is 0 Å². The minimum Gasteiger partial charge on any atom is -0.249 e. The molecule has 0 spiro atoms. The zero-order valence-electron chi connectivity index (χ0n) is 7.12. The predicted molar refractivity (Wildman–Crippen MR) is 53.2 cm³/mol. The van der Waals surface area contributed by atoms with Crippen LogP contribution in [0, 0.1) is 11.3 Å². The molecule has 2 aromatic heterocycles. The average molecular weight is 227 g/mol. The number of fused-ring (bicyclic) bond motifs is 1. The number of nitriles is 1. The molecular weight excluding hydrogens is 223 g/mol. The van der Waals surface area contributed by atoms with Crippen LogP contribution in [-0.2, 0) is 7.05 Å². The van der Waals surface area contributed by atoms with Gasteiger partial charge in [-0.1, -0.05) is 23.2 Å². The number of aryl methyl sites for hydroxylation is 1. The van der Waals surface area contributed by atoms with Crippen LogP contribution in [0.4, 0.5) is 0 Å². The van der Waals surface area contributed by atoms with E-state index in [1.54, 1.807) is 13.1 Å². The van der Waals surface area contributed by atoms with Crippen molar-refractivity contribution in [3.05, 3.63) is 21.9 Å². The quantitative estimate of drug-likeness (QED) is 0.648. The SMILES string of the molecule is Cn1nc(Cl)c2cc(C#N)c(Cl)nc21. The summed E-state index contributed by atoms with van der Waals surface area (Å²) in [6, 6.07) is 3.52. The minimum absolute atomic E-state index is 0.166. The van der Waals surface area contributed by atoms with Crippen LogP contribution in [-0.4, -0.2) is 14.8 Å². The van der Waals surface area contributed by atoms with Gasteiger partial charge in [0.25, 0.3) is 0 Å². The first kappa shape index (κ1) is 9.25. The lowest BCUT2D eigenvalue weighted by atomic mass is 10.2. The Labute approximate surface area is 89.7 Å². The highest BCUT2D eigenvalue weighted by atomic mass is 35.5. The number of rotatable bonds is 0. The lowest BCUT2D eigenvalue weighted by Crippen LogP contribution is -1.92. The molecule has 2 rings (SSSR count). The van der Waals surface area contributed by atoms with Crippen molar-refractivity contribution >= 4 is 34.2 Å². The van der Waals surface area contributed by atoms with Gasteiger partial charge in [0.1, 0.15) is 11.2 Å². The summed E-state index contributed by atoms with van der Waals surface area (Å²) in [5, 5.41) is 13.8. The molecule has 0 saturated carbocycles. The maximum Gasteiger partial charge on any atom is 0.160 e. The van der Waals surface area contributed by atoms with Crippen molar-refractivity contribution in [1.82, 2.24) is 14.8 Å². The highest BCUT2D eigenvalue weighted by Gasteiger charge is 2.11. The molecule has 0 aliphatic carbocycles. The summed E-state index contributed by atoms with van der Waals surface area (Å²) in [6.07, 6.45) is 0. The zero-order valence-corrected chi connectivity index (χ0v) is 8.63. The van der Waals surface area contributed by atoms with Crippen LogP contribution < -0.4 is 0 Å². The average Bonchev–Trinajstić information content (AvgIpc) is 2.41. The van der Waals surface area contributed by atoms with Crippen LogP contribution in [0.3, 0.4) is 0 Å². The van der Waals surface area contributed by atoms with Crippen molar-refractivity contribution in [2.45, 2.75) is 0 Å². The van der Waals surface area contributed by atoms with Gasteiger partial charge in [-0.2, -0.15) is 10.4 Å². The summed E-state index contributed by atoms with van der Waals surface area (Å²) in [7, 11) is 1.71. The van der Waals surface area contributed by atoms with Crippen molar-refractivity contribution in [3.8, 4) is 6.07 Å². The van der Waals surface area contributed by atoms with Crippen molar-refractivity contribution in [2.24, 2.45) is 7.05 Å². The molecule has 0 radical (unpaired) electrons. The Balaban J connectivity index is 2.91. The molecule has 0 fully saturated rings. The van der Waals surface area contributed by atoms with Crippen molar-refractivity contribution in [3.63, 3.8) is 0 Å². The van der Waals surface area contributed by atoms with Gasteiger partial charge >= 0.3 is 0 Å². The Morgan fingerprint density at radius 2 is 2.14 bits per heavy atom. The fourth-order valence-electron chi connectivity index (χ4n) is 1.19. The van der Waals surface area contributed by atoms with E-state index >= 15 is 0 Å². The third-order valence-corrected chi connectivity index (χ3v) is 2.41. The van der Waals surface area contributed by atoms with Gasteiger partial charge in [-0.05, 0) is 6.07 Å². The van der Waals surface area contributed by atoms with E-state index in [1.807, 2.05) is 6.07 Å². The van der Waals surface area contributed by atoms with Gasteiger partial charge in [0.15, 0.2) is 10.8 Å². The van der Waals surface area contributed by atoms with E-state index < -0.39 is 0 Å². The smallest absolute Gasteiger partial charge is 0.160 e. The fraction of sp³-hybridized carbons (Fsp3) is 0.125. The van der Waals surface area contributed by atoms with E-state index in [1.165, 1.54) is 4.68 Å². The van der Waals surface area contributed by atoms with Crippen molar-refractivity contribution < 1.29 is 0 Å². The van der Waals surface area contributed by atoms with E-state index in [-0.39, 0.29) is 5.15 Å². The molecule has 0 aliphatic rings. The number of hydrogen-bond acceptors (Lipinski definition) is 3. The van der Waals surface area contributed by atoms with E-state index in [0.717, 1.165) is 0 Å². The molecular formula is C8H4Cl2N4. The van der Waals surface area contributed by atoms with E-state index in [0.29, 0.717) is 21.7 Å². The first-order valence-corrected chi connectivity index (χ1v) is 4.48. The first-order valence-electron chi connectivity index (χ1n) is 3.72. The summed E-state index contributed by atoms with van der Waals surface area (Å²) in [4.78, 5) is 4.03. The monoisotopic (exact) mass is 226 g/mol. The first-order chi connectivity index (χ1) is 6.63. The second-order valence-electron chi connectivity index (χ2n) is 2.72. The molecule has 0 unspecified atom stereocenters. The number of halogens is 2. The van der Waals surface area contributed by atoms with E-state index in [4.69, 9.17) is 28.5 Å². The molecule has 0 atom stereocenters. The largest absolute Gasteiger partial charge is 0.249 e. The molecule has 6 heteroatoms. The third kappa shape index (κ3) is 1.22. The lowest BCUT2D eigenvalue weighted by molar-refractivity contribution is 0.787. The molecule has 0 N–H and O–H groups in total. The topological polar surface area (TPSA) is 54.5 Å². The molecule has 0 saturated heterocycles. The fourth-order valence-corrected chi connectivity index (χ4v) is 1.62. The lowest BCUT2D eigenvalue weighted by Gasteiger charge is -1.95. The number of aromatic nitrogens is 3. The number of hydrogen-bond donors (Lipinski definition) is 0. The molecule has 14 heavy (non-hydrogen) atoms. The number of pyridine rings is 1. The van der Waals surface area contributed by atoms with Gasteiger partial charge < -0.3 is 0 Å². The Hall–Kier alpha value is -1.31. The maximum absolute atomic E-state index is 8.73. The Morgan fingerprint density at radius 1 is 1.43 bits per heavy atom. The van der Waals surface area contributed by atoms with Gasteiger partial charge in [-0.25, -0.2) is 9.67 Å². The highest BCUT2D eigenvalue weighted by molar-refractivity contribution is 6.35. The molecule has 2 aromatic rings. The normalized spacial score (nSPS) is 10.4. The summed E-state index contributed by atoms with van der Waals surface area (Å²) in [6.45, 7) is 0. The molecule has 0 amide bonds. The zero-order chi connectivity index (χ0) is 10.3. The molecule has 0 aliphatic heterocycles. The van der Waals surface area contributed by atoms with Crippen molar-refractivity contribution in [2.75, 3.05) is 0 Å². The molecule has 70 valence electrons. The third-order valence-electron chi connectivity index (χ3n) is 1.84. The van der Waals surface area contributed by atoms with E-state index in [9.17, 15) is 0 Å². The summed E-state index contributed by atoms with van der Waals surface area (Å²) in [5.74, 6) is 0. The van der Waals surface area contributed by atoms with Gasteiger partial charge in [0.2, 0.25) is 0 Å². The number of nitrogens with zero attached hydrogens (tertiary/aromatic N) is 4. The molecule has 0 aromatic carbocycles. The van der Waals surface area contributed by atoms with Crippen LogP contribution >= 0.6 is 23.2 Å². The van der Waals surface area contributed by atoms with Crippen LogP contribution in [0.5, 0.6) is 0 Å². The second kappa shape index (κ2) is 3.12. The van der Waals surface area contributed by atoms with Gasteiger partial charge in [-0.15, -0.1) is 0 Å². The van der Waals surface area contributed by atoms with Gasteiger partial charge in [0, 0.05) is 7.05 Å². The van der Waals surface area contributed by atoms with Crippen LogP contribution in [0.25, 0.3) is 11.0 Å². The molecule has 2 heterocycles. The second-order valence-corrected chi connectivity index (χ2v) is 3.44.